The summed E-state index contributed by atoms with van der Waals surface area (Å²) in [6.45, 7) is 0. The molecular weight excluding hydrogens is 290 g/mol. The molecule has 5 nitrogen and oxygen atoms in total. The molecule has 2 aromatic rings. The summed E-state index contributed by atoms with van der Waals surface area (Å²) in [7, 11) is 1.65. The third kappa shape index (κ3) is 3.09. The van der Waals surface area contributed by atoms with Gasteiger partial charge < -0.3 is 15.0 Å². The van der Waals surface area contributed by atoms with Crippen LogP contribution in [0.2, 0.25) is 0 Å². The maximum absolute atomic E-state index is 6.16. The van der Waals surface area contributed by atoms with Crippen molar-refractivity contribution in [2.24, 2.45) is 5.73 Å². The van der Waals surface area contributed by atoms with Gasteiger partial charge in [0.25, 0.3) is 5.89 Å². The molecule has 1 aliphatic carbocycles. The van der Waals surface area contributed by atoms with Crippen LogP contribution in [0.15, 0.2) is 28.8 Å². The first-order valence-electron chi connectivity index (χ1n) is 6.65. The van der Waals surface area contributed by atoms with Gasteiger partial charge in [-0.1, -0.05) is 23.4 Å². The van der Waals surface area contributed by atoms with Gasteiger partial charge in [-0.3, -0.25) is 0 Å². The molecule has 3 rings (SSSR count). The van der Waals surface area contributed by atoms with E-state index in [9.17, 15) is 0 Å². The van der Waals surface area contributed by atoms with E-state index in [2.05, 4.69) is 10.1 Å². The molecule has 1 fully saturated rings. The van der Waals surface area contributed by atoms with E-state index < -0.39 is 0 Å². The molecule has 1 aromatic carbocycles. The van der Waals surface area contributed by atoms with Crippen molar-refractivity contribution in [2.45, 2.75) is 24.8 Å². The lowest BCUT2D eigenvalue weighted by atomic mass is 9.77. The zero-order valence-electron chi connectivity index (χ0n) is 11.8. The summed E-state index contributed by atoms with van der Waals surface area (Å²) < 4.78 is 10.5. The van der Waals surface area contributed by atoms with Crippen molar-refractivity contribution in [1.82, 2.24) is 10.1 Å². The molecule has 1 heterocycles. The average molecular weight is 308 g/mol. The molecule has 1 saturated carbocycles. The van der Waals surface area contributed by atoms with Crippen LogP contribution in [-0.2, 0) is 5.54 Å². The van der Waals surface area contributed by atoms with Crippen molar-refractivity contribution in [3.8, 4) is 5.75 Å². The molecule has 2 N–H and O–H groups in total. The molecule has 112 valence electrons. The Morgan fingerprint density at radius 1 is 1.29 bits per heavy atom. The zero-order valence-corrected chi connectivity index (χ0v) is 12.6. The molecule has 0 aliphatic heterocycles. The van der Waals surface area contributed by atoms with Crippen LogP contribution in [0.25, 0.3) is 12.2 Å². The number of halogens is 1. The lowest BCUT2D eigenvalue weighted by molar-refractivity contribution is 0.229. The van der Waals surface area contributed by atoms with Crippen LogP contribution in [0, 0.1) is 0 Å². The number of ether oxygens (including phenoxy) is 1. The lowest BCUT2D eigenvalue weighted by Gasteiger charge is -2.34. The number of para-hydroxylation sites is 1. The first-order valence-corrected chi connectivity index (χ1v) is 6.65. The highest BCUT2D eigenvalue weighted by atomic mass is 35.5. The van der Waals surface area contributed by atoms with Crippen molar-refractivity contribution in [3.05, 3.63) is 41.5 Å². The van der Waals surface area contributed by atoms with E-state index in [1.54, 1.807) is 13.2 Å². The van der Waals surface area contributed by atoms with Gasteiger partial charge in [-0.15, -0.1) is 12.4 Å². The number of nitrogens with two attached hydrogens (primary N) is 1. The fraction of sp³-hybridized carbons (Fsp3) is 0.333. The highest BCUT2D eigenvalue weighted by Gasteiger charge is 2.38. The molecule has 21 heavy (non-hydrogen) atoms. The molecular formula is C15H18ClN3O2. The minimum Gasteiger partial charge on any atom is -0.496 e. The number of rotatable bonds is 4. The normalized spacial score (nSPS) is 16.3. The summed E-state index contributed by atoms with van der Waals surface area (Å²) in [5.74, 6) is 1.86. The quantitative estimate of drug-likeness (QED) is 0.940. The standard InChI is InChI=1S/C15H17N3O2.ClH/c1-19-12-6-3-2-5-11(12)7-8-13-17-14(18-20-13)15(16)9-4-10-15;/h2-3,5-8H,4,9-10,16H2,1H3;1H/b8-7+;. The summed E-state index contributed by atoms with van der Waals surface area (Å²) in [5.41, 5.74) is 6.73. The van der Waals surface area contributed by atoms with Gasteiger partial charge in [0.15, 0.2) is 5.82 Å². The number of aromatic nitrogens is 2. The maximum Gasteiger partial charge on any atom is 0.250 e. The van der Waals surface area contributed by atoms with Crippen LogP contribution in [-0.4, -0.2) is 17.3 Å². The Kier molecular flexibility index (Phi) is 4.65. The number of hydrogen-bond donors (Lipinski definition) is 1. The third-order valence-electron chi connectivity index (χ3n) is 3.68. The predicted molar refractivity (Wildman–Crippen MR) is 83.2 cm³/mol. The Morgan fingerprint density at radius 2 is 2.05 bits per heavy atom. The molecule has 1 aliphatic rings. The van der Waals surface area contributed by atoms with Gasteiger partial charge in [0.1, 0.15) is 5.75 Å². The Labute approximate surface area is 129 Å². The van der Waals surface area contributed by atoms with Gasteiger partial charge in [-0.05, 0) is 31.4 Å². The van der Waals surface area contributed by atoms with Gasteiger partial charge in [0.2, 0.25) is 0 Å². The first kappa shape index (κ1) is 15.5. The second-order valence-corrected chi connectivity index (χ2v) is 5.04. The average Bonchev–Trinajstić information content (AvgIpc) is 2.92. The Morgan fingerprint density at radius 3 is 2.71 bits per heavy atom. The largest absolute Gasteiger partial charge is 0.496 e. The van der Waals surface area contributed by atoms with Crippen molar-refractivity contribution in [3.63, 3.8) is 0 Å². The van der Waals surface area contributed by atoms with Crippen LogP contribution in [0.3, 0.4) is 0 Å². The molecule has 0 bridgehead atoms. The van der Waals surface area contributed by atoms with Crippen LogP contribution in [0.1, 0.15) is 36.5 Å². The van der Waals surface area contributed by atoms with E-state index >= 15 is 0 Å². The molecule has 0 saturated heterocycles. The minimum absolute atomic E-state index is 0. The summed E-state index contributed by atoms with van der Waals surface area (Å²) in [6.07, 6.45) is 6.62. The Bertz CT molecular complexity index is 635. The summed E-state index contributed by atoms with van der Waals surface area (Å²) in [4.78, 5) is 4.34. The van der Waals surface area contributed by atoms with Gasteiger partial charge >= 0.3 is 0 Å². The molecule has 0 atom stereocenters. The molecule has 0 spiro atoms. The maximum atomic E-state index is 6.16. The van der Waals surface area contributed by atoms with E-state index in [4.69, 9.17) is 15.0 Å². The first-order chi connectivity index (χ1) is 9.71. The molecule has 1 aromatic heterocycles. The monoisotopic (exact) mass is 307 g/mol. The van der Waals surface area contributed by atoms with Gasteiger partial charge in [-0.2, -0.15) is 4.98 Å². The van der Waals surface area contributed by atoms with Gasteiger partial charge in [0, 0.05) is 11.6 Å². The Balaban J connectivity index is 0.00000161. The molecule has 0 unspecified atom stereocenters. The molecule has 0 radical (unpaired) electrons. The zero-order chi connectivity index (χ0) is 14.0. The van der Waals surface area contributed by atoms with E-state index in [0.29, 0.717) is 11.7 Å². The van der Waals surface area contributed by atoms with Crippen LogP contribution in [0.4, 0.5) is 0 Å². The fourth-order valence-corrected chi connectivity index (χ4v) is 2.25. The predicted octanol–water partition coefficient (Wildman–Crippen LogP) is 3.01. The van der Waals surface area contributed by atoms with Crippen molar-refractivity contribution in [1.29, 1.82) is 0 Å². The lowest BCUT2D eigenvalue weighted by Crippen LogP contribution is -2.44. The summed E-state index contributed by atoms with van der Waals surface area (Å²) in [5, 5.41) is 3.97. The van der Waals surface area contributed by atoms with Crippen LogP contribution < -0.4 is 10.5 Å². The third-order valence-corrected chi connectivity index (χ3v) is 3.68. The number of nitrogens with zero attached hydrogens (tertiary/aromatic N) is 2. The second-order valence-electron chi connectivity index (χ2n) is 5.04. The fourth-order valence-electron chi connectivity index (χ4n) is 2.25. The minimum atomic E-state index is -0.389. The highest BCUT2D eigenvalue weighted by Crippen LogP contribution is 2.36. The van der Waals surface area contributed by atoms with E-state index in [1.807, 2.05) is 30.3 Å². The SMILES string of the molecule is COc1ccccc1/C=C/c1nc(C2(N)CCC2)no1.Cl. The smallest absolute Gasteiger partial charge is 0.250 e. The van der Waals surface area contributed by atoms with Crippen molar-refractivity contribution < 1.29 is 9.26 Å². The van der Waals surface area contributed by atoms with E-state index in [-0.39, 0.29) is 17.9 Å². The summed E-state index contributed by atoms with van der Waals surface area (Å²) >= 11 is 0. The van der Waals surface area contributed by atoms with Crippen LogP contribution in [0.5, 0.6) is 5.75 Å². The molecule has 0 amide bonds. The van der Waals surface area contributed by atoms with Crippen molar-refractivity contribution >= 4 is 24.6 Å². The number of benzene rings is 1. The van der Waals surface area contributed by atoms with Gasteiger partial charge in [-0.25, -0.2) is 0 Å². The highest BCUT2D eigenvalue weighted by molar-refractivity contribution is 5.85. The van der Waals surface area contributed by atoms with Crippen molar-refractivity contribution in [2.75, 3.05) is 7.11 Å². The second kappa shape index (κ2) is 6.28. The Hall–Kier alpha value is -1.85. The number of methoxy groups -OCH3 is 1. The van der Waals surface area contributed by atoms with E-state index in [1.165, 1.54) is 0 Å². The van der Waals surface area contributed by atoms with Crippen LogP contribution >= 0.6 is 12.4 Å². The summed E-state index contributed by atoms with van der Waals surface area (Å²) in [6, 6.07) is 7.74. The topological polar surface area (TPSA) is 74.2 Å². The van der Waals surface area contributed by atoms with Gasteiger partial charge in [0.05, 0.1) is 12.6 Å². The molecule has 6 heteroatoms. The number of hydrogen-bond acceptors (Lipinski definition) is 5. The van der Waals surface area contributed by atoms with E-state index in [0.717, 1.165) is 30.6 Å².